The Hall–Kier alpha value is -1.03. The van der Waals surface area contributed by atoms with Crippen molar-refractivity contribution in [2.75, 3.05) is 7.05 Å². The van der Waals surface area contributed by atoms with Crippen LogP contribution in [0.15, 0.2) is 18.2 Å². The van der Waals surface area contributed by atoms with E-state index >= 15 is 0 Å². The van der Waals surface area contributed by atoms with Crippen LogP contribution in [0.1, 0.15) is 41.6 Å². The highest BCUT2D eigenvalue weighted by atomic mass is 79.9. The van der Waals surface area contributed by atoms with Gasteiger partial charge in [0.25, 0.3) is 5.91 Å². The smallest absolute Gasteiger partial charge is 0.257 e. The summed E-state index contributed by atoms with van der Waals surface area (Å²) < 4.78 is 0. The Balaban J connectivity index is 2.20. The highest BCUT2D eigenvalue weighted by molar-refractivity contribution is 9.09. The molecule has 0 spiro atoms. The van der Waals surface area contributed by atoms with Gasteiger partial charge in [-0.2, -0.15) is 0 Å². The average Bonchev–Trinajstić information content (AvgIpc) is 2.40. The van der Waals surface area contributed by atoms with E-state index in [-0.39, 0.29) is 17.7 Å². The molecule has 0 aromatic heterocycles. The van der Waals surface area contributed by atoms with E-state index in [4.69, 9.17) is 0 Å². The zero-order valence-corrected chi connectivity index (χ0v) is 13.0. The van der Waals surface area contributed by atoms with E-state index in [1.165, 1.54) is 6.42 Å². The van der Waals surface area contributed by atoms with Crippen LogP contribution in [0.5, 0.6) is 5.75 Å². The summed E-state index contributed by atoms with van der Waals surface area (Å²) in [5, 5.41) is 9.86. The van der Waals surface area contributed by atoms with Crippen LogP contribution in [0.4, 0.5) is 0 Å². The number of aromatic hydroxyl groups is 1. The zero-order chi connectivity index (χ0) is 14.0. The van der Waals surface area contributed by atoms with E-state index in [1.54, 1.807) is 23.1 Å². The van der Waals surface area contributed by atoms with Crippen molar-refractivity contribution in [1.29, 1.82) is 0 Å². The van der Waals surface area contributed by atoms with Gasteiger partial charge >= 0.3 is 0 Å². The van der Waals surface area contributed by atoms with Gasteiger partial charge in [0.1, 0.15) is 5.75 Å². The molecule has 1 aromatic rings. The van der Waals surface area contributed by atoms with Crippen LogP contribution in [0.2, 0.25) is 0 Å². The fourth-order valence-electron chi connectivity index (χ4n) is 2.66. The molecule has 2 atom stereocenters. The van der Waals surface area contributed by atoms with E-state index in [2.05, 4.69) is 15.9 Å². The van der Waals surface area contributed by atoms with Gasteiger partial charge in [-0.3, -0.25) is 4.79 Å². The second-order valence-corrected chi connectivity index (χ2v) is 6.48. The minimum atomic E-state index is -0.0995. The molecule has 0 radical (unpaired) electrons. The number of aryl methyl sites for hydroxylation is 1. The number of phenols is 1. The summed E-state index contributed by atoms with van der Waals surface area (Å²) in [5.41, 5.74) is 1.38. The van der Waals surface area contributed by atoms with Crippen LogP contribution in [-0.4, -0.2) is 33.8 Å². The molecule has 0 bridgehead atoms. The molecule has 1 aliphatic rings. The Labute approximate surface area is 122 Å². The molecule has 3 nitrogen and oxygen atoms in total. The first-order chi connectivity index (χ1) is 9.00. The van der Waals surface area contributed by atoms with E-state index in [0.717, 1.165) is 24.8 Å². The van der Waals surface area contributed by atoms with Crippen LogP contribution in [0.25, 0.3) is 0 Å². The number of alkyl halides is 1. The highest BCUT2D eigenvalue weighted by Gasteiger charge is 2.30. The van der Waals surface area contributed by atoms with Crippen LogP contribution >= 0.6 is 15.9 Å². The lowest BCUT2D eigenvalue weighted by atomic mass is 9.94. The van der Waals surface area contributed by atoms with Crippen molar-refractivity contribution in [2.45, 2.75) is 43.5 Å². The number of hydrogen-bond acceptors (Lipinski definition) is 2. The van der Waals surface area contributed by atoms with Crippen molar-refractivity contribution >= 4 is 21.8 Å². The monoisotopic (exact) mass is 325 g/mol. The third kappa shape index (κ3) is 3.11. The van der Waals surface area contributed by atoms with Crippen molar-refractivity contribution in [1.82, 2.24) is 4.90 Å². The number of hydrogen-bond donors (Lipinski definition) is 1. The molecule has 19 heavy (non-hydrogen) atoms. The molecule has 1 aromatic carbocycles. The molecule has 1 saturated carbocycles. The summed E-state index contributed by atoms with van der Waals surface area (Å²) in [6.45, 7) is 1.92. The molecular weight excluding hydrogens is 306 g/mol. The maximum Gasteiger partial charge on any atom is 0.257 e. The molecule has 0 heterocycles. The molecule has 104 valence electrons. The largest absolute Gasteiger partial charge is 0.507 e. The molecule has 0 aliphatic heterocycles. The number of phenolic OH excluding ortho intramolecular Hbond substituents is 1. The third-order valence-corrected chi connectivity index (χ3v) is 4.92. The lowest BCUT2D eigenvalue weighted by Gasteiger charge is -2.35. The van der Waals surface area contributed by atoms with Crippen LogP contribution in [0, 0.1) is 6.92 Å². The van der Waals surface area contributed by atoms with Crippen molar-refractivity contribution < 1.29 is 9.90 Å². The lowest BCUT2D eigenvalue weighted by Crippen LogP contribution is -2.44. The Morgan fingerprint density at radius 3 is 2.74 bits per heavy atom. The van der Waals surface area contributed by atoms with Crippen molar-refractivity contribution in [2.24, 2.45) is 0 Å². The second-order valence-electron chi connectivity index (χ2n) is 5.30. The summed E-state index contributed by atoms with van der Waals surface area (Å²) >= 11 is 3.67. The maximum atomic E-state index is 12.5. The molecule has 1 N–H and O–H groups in total. The molecule has 0 saturated heterocycles. The van der Waals surface area contributed by atoms with E-state index in [0.29, 0.717) is 10.4 Å². The Morgan fingerprint density at radius 1 is 1.37 bits per heavy atom. The predicted octanol–water partition coefficient (Wildman–Crippen LogP) is 3.48. The highest BCUT2D eigenvalue weighted by Crippen LogP contribution is 2.30. The normalized spacial score (nSPS) is 23.1. The number of nitrogens with zero attached hydrogens (tertiary/aromatic N) is 1. The first-order valence-electron chi connectivity index (χ1n) is 6.71. The number of benzene rings is 1. The molecular formula is C15H20BrNO2. The maximum absolute atomic E-state index is 12.5. The number of carbonyl (C=O) groups excluding carboxylic acids is 1. The number of amides is 1. The summed E-state index contributed by atoms with van der Waals surface area (Å²) in [7, 11) is 1.83. The number of halogens is 1. The first kappa shape index (κ1) is 14.4. The third-order valence-electron chi connectivity index (χ3n) is 3.85. The van der Waals surface area contributed by atoms with Crippen LogP contribution < -0.4 is 0 Å². The van der Waals surface area contributed by atoms with Gasteiger partial charge in [0.05, 0.1) is 5.56 Å². The van der Waals surface area contributed by atoms with Crippen LogP contribution in [0.3, 0.4) is 0 Å². The van der Waals surface area contributed by atoms with Gasteiger partial charge in [-0.25, -0.2) is 0 Å². The van der Waals surface area contributed by atoms with E-state index in [1.807, 2.05) is 14.0 Å². The minimum absolute atomic E-state index is 0.0596. The molecule has 4 heteroatoms. The zero-order valence-electron chi connectivity index (χ0n) is 11.4. The van der Waals surface area contributed by atoms with Crippen molar-refractivity contribution in [3.8, 4) is 5.75 Å². The molecule has 2 rings (SSSR count). The van der Waals surface area contributed by atoms with Gasteiger partial charge in [-0.15, -0.1) is 0 Å². The first-order valence-corrected chi connectivity index (χ1v) is 7.63. The number of carbonyl (C=O) groups is 1. The Morgan fingerprint density at radius 2 is 2.05 bits per heavy atom. The van der Waals surface area contributed by atoms with Gasteiger partial charge in [-0.05, 0) is 31.9 Å². The predicted molar refractivity (Wildman–Crippen MR) is 79.9 cm³/mol. The number of rotatable bonds is 2. The minimum Gasteiger partial charge on any atom is -0.507 e. The van der Waals surface area contributed by atoms with Crippen molar-refractivity contribution in [3.05, 3.63) is 29.3 Å². The summed E-state index contributed by atoms with van der Waals surface area (Å²) in [6, 6.07) is 5.35. The molecule has 1 aliphatic carbocycles. The van der Waals surface area contributed by atoms with E-state index < -0.39 is 0 Å². The molecule has 1 amide bonds. The topological polar surface area (TPSA) is 40.5 Å². The van der Waals surface area contributed by atoms with Crippen molar-refractivity contribution in [3.63, 3.8) is 0 Å². The van der Waals surface area contributed by atoms with Gasteiger partial charge in [0.15, 0.2) is 0 Å². The van der Waals surface area contributed by atoms with Gasteiger partial charge in [-0.1, -0.05) is 40.4 Å². The Kier molecular flexibility index (Phi) is 4.50. The molecule has 2 unspecified atom stereocenters. The molecule has 1 fully saturated rings. The van der Waals surface area contributed by atoms with E-state index in [9.17, 15) is 9.90 Å². The second kappa shape index (κ2) is 5.95. The quantitative estimate of drug-likeness (QED) is 0.846. The van der Waals surface area contributed by atoms with Gasteiger partial charge in [0, 0.05) is 17.9 Å². The van der Waals surface area contributed by atoms with Gasteiger partial charge in [0.2, 0.25) is 0 Å². The fraction of sp³-hybridized carbons (Fsp3) is 0.533. The fourth-order valence-corrected chi connectivity index (χ4v) is 3.61. The lowest BCUT2D eigenvalue weighted by molar-refractivity contribution is 0.0701. The summed E-state index contributed by atoms with van der Waals surface area (Å²) in [4.78, 5) is 14.6. The Bertz CT molecular complexity index is 475. The summed E-state index contributed by atoms with van der Waals surface area (Å²) in [6.07, 6.45) is 4.49. The standard InChI is InChI=1S/C15H20BrNO2/c1-10-7-8-14(18)11(9-10)15(19)17(2)13-6-4-3-5-12(13)16/h7-9,12-13,18H,3-6H2,1-2H3. The van der Waals surface area contributed by atoms with Crippen LogP contribution in [-0.2, 0) is 0 Å². The average molecular weight is 326 g/mol. The SMILES string of the molecule is Cc1ccc(O)c(C(=O)N(C)C2CCCCC2Br)c1. The van der Waals surface area contributed by atoms with Gasteiger partial charge < -0.3 is 10.0 Å². The summed E-state index contributed by atoms with van der Waals surface area (Å²) in [5.74, 6) is -0.0399.